The van der Waals surface area contributed by atoms with Crippen LogP contribution < -0.4 is 5.32 Å². The Morgan fingerprint density at radius 2 is 1.91 bits per heavy atom. The topological polar surface area (TPSA) is 89.5 Å². The van der Waals surface area contributed by atoms with E-state index in [-0.39, 0.29) is 11.6 Å². The van der Waals surface area contributed by atoms with Crippen molar-refractivity contribution in [2.75, 3.05) is 0 Å². The van der Waals surface area contributed by atoms with Gasteiger partial charge in [-0.3, -0.25) is 14.9 Å². The number of rotatable bonds is 4. The number of aryl methyl sites for hydroxylation is 1. The van der Waals surface area contributed by atoms with Crippen LogP contribution in [0.15, 0.2) is 58.4 Å². The first kappa shape index (κ1) is 22.1. The fourth-order valence-corrected chi connectivity index (χ4v) is 4.55. The number of amides is 1. The van der Waals surface area contributed by atoms with Crippen LogP contribution in [0.3, 0.4) is 0 Å². The Labute approximate surface area is 197 Å². The zero-order valence-corrected chi connectivity index (χ0v) is 19.3. The van der Waals surface area contributed by atoms with Gasteiger partial charge in [0.1, 0.15) is 0 Å². The summed E-state index contributed by atoms with van der Waals surface area (Å²) in [4.78, 5) is 28.1. The number of amidine groups is 1. The van der Waals surface area contributed by atoms with Crippen molar-refractivity contribution < 1.29 is 9.72 Å². The first-order chi connectivity index (χ1) is 15.2. The summed E-state index contributed by atoms with van der Waals surface area (Å²) in [6.45, 7) is 3.81. The van der Waals surface area contributed by atoms with Crippen molar-refractivity contribution in [1.29, 1.82) is 0 Å². The Hall–Kier alpha value is -3.07. The summed E-state index contributed by atoms with van der Waals surface area (Å²) in [5.41, 5.74) is 3.73. The van der Waals surface area contributed by atoms with Gasteiger partial charge in [-0.25, -0.2) is 4.99 Å². The van der Waals surface area contributed by atoms with Crippen molar-refractivity contribution >= 4 is 63.5 Å². The third-order valence-electron chi connectivity index (χ3n) is 4.86. The monoisotopic (exact) mass is 486 g/mol. The van der Waals surface area contributed by atoms with Gasteiger partial charge in [-0.1, -0.05) is 35.3 Å². The summed E-state index contributed by atoms with van der Waals surface area (Å²) in [5, 5.41) is 15.0. The molecule has 1 aliphatic rings. The van der Waals surface area contributed by atoms with Crippen molar-refractivity contribution in [3.8, 4) is 5.69 Å². The lowest BCUT2D eigenvalue weighted by Crippen LogP contribution is -2.19. The van der Waals surface area contributed by atoms with Crippen molar-refractivity contribution in [2.45, 2.75) is 13.8 Å². The number of hydrogen-bond donors (Lipinski definition) is 1. The van der Waals surface area contributed by atoms with E-state index in [1.807, 2.05) is 24.5 Å². The summed E-state index contributed by atoms with van der Waals surface area (Å²) < 4.78 is 1.91. The Morgan fingerprint density at radius 3 is 2.66 bits per heavy atom. The van der Waals surface area contributed by atoms with Crippen LogP contribution >= 0.6 is 35.0 Å². The highest BCUT2D eigenvalue weighted by Crippen LogP contribution is 2.35. The Balaban J connectivity index is 1.66. The number of halogens is 2. The number of nitrogens with one attached hydrogen (secondary N) is 1. The zero-order valence-electron chi connectivity index (χ0n) is 16.9. The van der Waals surface area contributed by atoms with E-state index < -0.39 is 4.92 Å². The molecule has 0 radical (unpaired) electrons. The number of nitrogens with zero attached hydrogens (tertiary/aromatic N) is 3. The van der Waals surface area contributed by atoms with Crippen LogP contribution in [-0.4, -0.2) is 20.6 Å². The van der Waals surface area contributed by atoms with Gasteiger partial charge >= 0.3 is 0 Å². The summed E-state index contributed by atoms with van der Waals surface area (Å²) in [6, 6.07) is 13.5. The van der Waals surface area contributed by atoms with Crippen molar-refractivity contribution in [1.82, 2.24) is 9.88 Å². The first-order valence-corrected chi connectivity index (χ1v) is 11.0. The first-order valence-electron chi connectivity index (χ1n) is 9.42. The molecule has 2 aromatic carbocycles. The number of thioether (sulfide) groups is 1. The van der Waals surface area contributed by atoms with Gasteiger partial charge in [-0.05, 0) is 61.5 Å². The Morgan fingerprint density at radius 1 is 1.16 bits per heavy atom. The minimum Gasteiger partial charge on any atom is -0.318 e. The van der Waals surface area contributed by atoms with Crippen molar-refractivity contribution in [2.24, 2.45) is 4.99 Å². The highest BCUT2D eigenvalue weighted by molar-refractivity contribution is 8.18. The fourth-order valence-electron chi connectivity index (χ4n) is 3.39. The number of hydrogen-bond acceptors (Lipinski definition) is 5. The largest absolute Gasteiger partial charge is 0.318 e. The summed E-state index contributed by atoms with van der Waals surface area (Å²) >= 11 is 13.4. The molecule has 7 nitrogen and oxygen atoms in total. The van der Waals surface area contributed by atoms with Gasteiger partial charge < -0.3 is 9.88 Å². The van der Waals surface area contributed by atoms with Gasteiger partial charge in [-0.15, -0.1) is 0 Å². The van der Waals surface area contributed by atoms with Crippen LogP contribution in [0.25, 0.3) is 11.8 Å². The summed E-state index contributed by atoms with van der Waals surface area (Å²) in [6.07, 6.45) is 1.78. The molecule has 1 N–H and O–H groups in total. The predicted molar refractivity (Wildman–Crippen MR) is 129 cm³/mol. The van der Waals surface area contributed by atoms with Crippen molar-refractivity contribution in [3.05, 3.63) is 90.5 Å². The molecule has 0 saturated carbocycles. The maximum atomic E-state index is 12.5. The smallest absolute Gasteiger partial charge is 0.271 e. The van der Waals surface area contributed by atoms with E-state index in [1.54, 1.807) is 36.4 Å². The number of benzene rings is 2. The van der Waals surface area contributed by atoms with Crippen LogP contribution in [0.2, 0.25) is 10.0 Å². The predicted octanol–water partition coefficient (Wildman–Crippen LogP) is 6.20. The molecule has 32 heavy (non-hydrogen) atoms. The lowest BCUT2D eigenvalue weighted by Gasteiger charge is -2.09. The molecule has 4 rings (SSSR count). The summed E-state index contributed by atoms with van der Waals surface area (Å²) in [5.74, 6) is -0.271. The van der Waals surface area contributed by atoms with E-state index in [1.165, 1.54) is 23.9 Å². The second kappa shape index (κ2) is 8.82. The molecule has 1 aromatic heterocycles. The molecule has 1 saturated heterocycles. The van der Waals surface area contributed by atoms with E-state index >= 15 is 0 Å². The zero-order chi connectivity index (χ0) is 23.0. The van der Waals surface area contributed by atoms with E-state index in [0.717, 1.165) is 17.0 Å². The van der Waals surface area contributed by atoms with Crippen LogP contribution in [-0.2, 0) is 4.79 Å². The normalized spacial score (nSPS) is 16.1. The number of nitro groups is 1. The highest BCUT2D eigenvalue weighted by atomic mass is 35.5. The third kappa shape index (κ3) is 4.29. The van der Waals surface area contributed by atoms with Gasteiger partial charge in [-0.2, -0.15) is 0 Å². The Bertz CT molecular complexity index is 1330. The maximum absolute atomic E-state index is 12.5. The lowest BCUT2D eigenvalue weighted by molar-refractivity contribution is -0.384. The fraction of sp³-hybridized carbons (Fsp3) is 0.0909. The second-order valence-corrected chi connectivity index (χ2v) is 8.81. The molecule has 1 aliphatic heterocycles. The van der Waals surface area contributed by atoms with Gasteiger partial charge in [0.05, 0.1) is 31.2 Å². The standard InChI is InChI=1S/C22H16Cl2N4O3S/c1-12-9-14(13(2)27(12)15-5-3-6-16(11-15)28(30)31)10-19-21(29)26-22(32-19)25-18-8-4-7-17(23)20(18)24/h3-11H,1-2H3,(H,25,26,29). The number of aromatic nitrogens is 1. The molecule has 2 heterocycles. The van der Waals surface area contributed by atoms with Crippen LogP contribution in [0, 0.1) is 24.0 Å². The molecular formula is C22H16Cl2N4O3S. The SMILES string of the molecule is Cc1cc(C=C2SC(=Nc3cccc(Cl)c3Cl)NC2=O)c(C)n1-c1cccc([N+](=O)[O-])c1. The van der Waals surface area contributed by atoms with Gasteiger partial charge in [0.25, 0.3) is 11.6 Å². The molecule has 0 spiro atoms. The number of carbonyl (C=O) groups is 1. The molecule has 0 unspecified atom stereocenters. The lowest BCUT2D eigenvalue weighted by atomic mass is 10.2. The molecule has 0 atom stereocenters. The van der Waals surface area contributed by atoms with E-state index in [9.17, 15) is 14.9 Å². The number of carbonyl (C=O) groups excluding carboxylic acids is 1. The molecule has 1 amide bonds. The van der Waals surface area contributed by atoms with Crippen LogP contribution in [0.4, 0.5) is 11.4 Å². The molecule has 162 valence electrons. The molecule has 3 aromatic rings. The number of nitro benzene ring substituents is 1. The molecular weight excluding hydrogens is 471 g/mol. The third-order valence-corrected chi connectivity index (χ3v) is 6.58. The number of non-ortho nitro benzene ring substituents is 1. The minimum atomic E-state index is -0.424. The van der Waals surface area contributed by atoms with Crippen LogP contribution in [0.5, 0.6) is 0 Å². The average molecular weight is 487 g/mol. The van der Waals surface area contributed by atoms with Gasteiger partial charge in [0, 0.05) is 23.5 Å². The maximum Gasteiger partial charge on any atom is 0.271 e. The molecule has 0 bridgehead atoms. The molecule has 1 fully saturated rings. The quantitative estimate of drug-likeness (QED) is 0.270. The second-order valence-electron chi connectivity index (χ2n) is 6.99. The van der Waals surface area contributed by atoms with Gasteiger partial charge in [0.15, 0.2) is 5.17 Å². The van der Waals surface area contributed by atoms with E-state index in [0.29, 0.717) is 31.5 Å². The van der Waals surface area contributed by atoms with Crippen LogP contribution in [0.1, 0.15) is 17.0 Å². The molecule has 10 heteroatoms. The van der Waals surface area contributed by atoms with E-state index in [4.69, 9.17) is 23.2 Å². The van der Waals surface area contributed by atoms with Gasteiger partial charge in [0.2, 0.25) is 0 Å². The molecule has 0 aliphatic carbocycles. The summed E-state index contributed by atoms with van der Waals surface area (Å²) in [7, 11) is 0. The van der Waals surface area contributed by atoms with Crippen molar-refractivity contribution in [3.63, 3.8) is 0 Å². The minimum absolute atomic E-state index is 0.0150. The number of aliphatic imine (C=N–C) groups is 1. The average Bonchev–Trinajstić information content (AvgIpc) is 3.23. The Kier molecular flexibility index (Phi) is 6.10. The highest BCUT2D eigenvalue weighted by Gasteiger charge is 2.25. The van der Waals surface area contributed by atoms with E-state index in [2.05, 4.69) is 10.3 Å².